The van der Waals surface area contributed by atoms with Crippen molar-refractivity contribution in [3.8, 4) is 22.8 Å². The molecule has 0 unspecified atom stereocenters. The van der Waals surface area contributed by atoms with Crippen molar-refractivity contribution >= 4 is 39.1 Å². The number of halogens is 1. The number of carbonyl (C=O) groups is 1. The van der Waals surface area contributed by atoms with Crippen LogP contribution < -0.4 is 19.6 Å². The van der Waals surface area contributed by atoms with Gasteiger partial charge in [-0.25, -0.2) is 4.99 Å². The monoisotopic (exact) mass is 578 g/mol. The molecule has 1 aliphatic heterocycles. The van der Waals surface area contributed by atoms with Crippen molar-refractivity contribution in [1.29, 1.82) is 0 Å². The lowest BCUT2D eigenvalue weighted by Crippen LogP contribution is -2.39. The number of aromatic hydroxyl groups is 1. The highest BCUT2D eigenvalue weighted by Gasteiger charge is 2.33. The Morgan fingerprint density at radius 1 is 1.22 bits per heavy atom. The van der Waals surface area contributed by atoms with E-state index in [4.69, 9.17) is 9.15 Å². The number of aromatic nitrogens is 1. The number of benzene rings is 2. The molecule has 0 saturated carbocycles. The second-order valence-corrected chi connectivity index (χ2v) is 10.4. The third-order valence-corrected chi connectivity index (χ3v) is 7.52. The average Bonchev–Trinajstić information content (AvgIpc) is 3.46. The maximum absolute atomic E-state index is 13.7. The Bertz CT molecular complexity index is 1730. The van der Waals surface area contributed by atoms with Crippen molar-refractivity contribution in [2.24, 2.45) is 4.99 Å². The minimum atomic E-state index is -0.737. The second kappa shape index (κ2) is 9.99. The van der Waals surface area contributed by atoms with Crippen LogP contribution in [0.3, 0.4) is 0 Å². The first-order valence-electron chi connectivity index (χ1n) is 11.6. The van der Waals surface area contributed by atoms with Crippen molar-refractivity contribution in [3.63, 3.8) is 0 Å². The fraction of sp³-hybridized carbons (Fsp3) is 0.179. The molecule has 0 aliphatic carbocycles. The summed E-state index contributed by atoms with van der Waals surface area (Å²) in [6, 6.07) is 15.5. The number of fused-ring (bicyclic) bond motifs is 1. The Labute approximate surface area is 224 Å². The molecule has 0 fully saturated rings. The summed E-state index contributed by atoms with van der Waals surface area (Å²) in [6.07, 6.45) is 1.73. The molecule has 0 amide bonds. The normalized spacial score (nSPS) is 15.5. The topological polar surface area (TPSA) is 94.0 Å². The number of allylic oxidation sites excluding steroid dienone is 2. The van der Waals surface area contributed by atoms with Gasteiger partial charge in [0, 0.05) is 21.3 Å². The van der Waals surface area contributed by atoms with E-state index < -0.39 is 6.04 Å². The number of nitrogens with zero attached hydrogens (tertiary/aromatic N) is 2. The predicted molar refractivity (Wildman–Crippen MR) is 146 cm³/mol. The Hall–Kier alpha value is -3.69. The summed E-state index contributed by atoms with van der Waals surface area (Å²) in [5.41, 5.74) is 2.26. The van der Waals surface area contributed by atoms with Gasteiger partial charge < -0.3 is 14.3 Å². The maximum Gasteiger partial charge on any atom is 0.271 e. The number of rotatable bonds is 6. The molecule has 1 aliphatic rings. The molecule has 1 atom stereocenters. The van der Waals surface area contributed by atoms with Crippen molar-refractivity contribution in [2.75, 3.05) is 6.61 Å². The SMILES string of the molecule is CCOc1cc(/C=c2/sc3n(c2=O)[C@@H](c2ccc(-c4ccc(Br)cc4)o2)C(C(C)=O)=C(C)N=3)ccc1O. The highest BCUT2D eigenvalue weighted by Crippen LogP contribution is 2.34. The molecule has 2 aromatic heterocycles. The van der Waals surface area contributed by atoms with Gasteiger partial charge in [0.1, 0.15) is 17.6 Å². The van der Waals surface area contributed by atoms with Crippen LogP contribution in [0.2, 0.25) is 0 Å². The van der Waals surface area contributed by atoms with Gasteiger partial charge in [-0.1, -0.05) is 45.5 Å². The van der Waals surface area contributed by atoms with Crippen LogP contribution in [0.4, 0.5) is 0 Å². The van der Waals surface area contributed by atoms with Gasteiger partial charge >= 0.3 is 0 Å². The van der Waals surface area contributed by atoms with Crippen LogP contribution in [0.15, 0.2) is 84.5 Å². The second-order valence-electron chi connectivity index (χ2n) is 8.51. The van der Waals surface area contributed by atoms with Crippen LogP contribution in [0.25, 0.3) is 17.4 Å². The molecule has 0 bridgehead atoms. The van der Waals surface area contributed by atoms with Crippen LogP contribution in [-0.4, -0.2) is 22.1 Å². The first kappa shape index (κ1) is 25.0. The highest BCUT2D eigenvalue weighted by molar-refractivity contribution is 9.10. The van der Waals surface area contributed by atoms with Crippen LogP contribution in [0.1, 0.15) is 38.1 Å². The summed E-state index contributed by atoms with van der Waals surface area (Å²) < 4.78 is 14.6. The van der Waals surface area contributed by atoms with Crippen LogP contribution in [0.5, 0.6) is 11.5 Å². The molecule has 0 radical (unpaired) electrons. The van der Waals surface area contributed by atoms with Gasteiger partial charge in [0.25, 0.3) is 5.56 Å². The van der Waals surface area contributed by atoms with E-state index in [1.165, 1.54) is 28.9 Å². The number of furan rings is 1. The predicted octanol–water partition coefficient (Wildman–Crippen LogP) is 4.95. The molecule has 9 heteroatoms. The molecule has 3 heterocycles. The van der Waals surface area contributed by atoms with Crippen molar-refractivity contribution < 1.29 is 19.1 Å². The molecule has 188 valence electrons. The molecule has 37 heavy (non-hydrogen) atoms. The highest BCUT2D eigenvalue weighted by atomic mass is 79.9. The van der Waals surface area contributed by atoms with E-state index in [0.717, 1.165) is 10.0 Å². The number of Topliss-reactive ketones (excluding diaryl/α,β-unsaturated/α-hetero) is 1. The van der Waals surface area contributed by atoms with E-state index in [1.807, 2.05) is 37.3 Å². The molecule has 7 nitrogen and oxygen atoms in total. The number of phenols is 1. The first-order chi connectivity index (χ1) is 17.8. The quantitative estimate of drug-likeness (QED) is 0.349. The molecule has 2 aromatic carbocycles. The van der Waals surface area contributed by atoms with E-state index >= 15 is 0 Å². The summed E-state index contributed by atoms with van der Waals surface area (Å²) in [4.78, 5) is 31.5. The number of ether oxygens (including phenoxy) is 1. The Morgan fingerprint density at radius 2 is 1.97 bits per heavy atom. The zero-order valence-corrected chi connectivity index (χ0v) is 22.7. The third-order valence-electron chi connectivity index (χ3n) is 6.01. The van der Waals surface area contributed by atoms with Crippen LogP contribution in [-0.2, 0) is 4.79 Å². The summed E-state index contributed by atoms with van der Waals surface area (Å²) >= 11 is 4.67. The summed E-state index contributed by atoms with van der Waals surface area (Å²) in [5.74, 6) is 1.30. The van der Waals surface area contributed by atoms with E-state index in [2.05, 4.69) is 20.9 Å². The number of ketones is 1. The van der Waals surface area contributed by atoms with E-state index in [1.54, 1.807) is 31.2 Å². The van der Waals surface area contributed by atoms with Gasteiger partial charge in [-0.3, -0.25) is 14.2 Å². The van der Waals surface area contributed by atoms with Gasteiger partial charge in [0.2, 0.25) is 0 Å². The summed E-state index contributed by atoms with van der Waals surface area (Å²) in [7, 11) is 0. The molecule has 1 N–H and O–H groups in total. The van der Waals surface area contributed by atoms with E-state index in [0.29, 0.717) is 50.0 Å². The maximum atomic E-state index is 13.7. The fourth-order valence-corrected chi connectivity index (χ4v) is 5.66. The lowest BCUT2D eigenvalue weighted by molar-refractivity contribution is -0.114. The third kappa shape index (κ3) is 4.72. The zero-order valence-electron chi connectivity index (χ0n) is 20.3. The van der Waals surface area contributed by atoms with Gasteiger partial charge in [-0.15, -0.1) is 0 Å². The van der Waals surface area contributed by atoms with Gasteiger partial charge in [0.15, 0.2) is 22.1 Å². The van der Waals surface area contributed by atoms with Crippen LogP contribution >= 0.6 is 27.3 Å². The fourth-order valence-electron chi connectivity index (χ4n) is 4.35. The molecule has 0 spiro atoms. The minimum absolute atomic E-state index is 0.0292. The Balaban J connectivity index is 1.65. The van der Waals surface area contributed by atoms with Gasteiger partial charge in [0.05, 0.1) is 11.1 Å². The van der Waals surface area contributed by atoms with Gasteiger partial charge in [-0.05, 0) is 68.8 Å². The molecular formula is C28H23BrN2O5S. The average molecular weight is 579 g/mol. The van der Waals surface area contributed by atoms with Gasteiger partial charge in [-0.2, -0.15) is 0 Å². The Kier molecular flexibility index (Phi) is 6.74. The number of thiazole rings is 1. The van der Waals surface area contributed by atoms with Crippen molar-refractivity contribution in [2.45, 2.75) is 26.8 Å². The van der Waals surface area contributed by atoms with E-state index in [-0.39, 0.29) is 17.1 Å². The van der Waals surface area contributed by atoms with Crippen molar-refractivity contribution in [3.05, 3.63) is 101 Å². The molecule has 4 aromatic rings. The molecule has 0 saturated heterocycles. The number of phenolic OH excluding ortho intramolecular Hbond substituents is 1. The summed E-state index contributed by atoms with van der Waals surface area (Å²) in [6.45, 7) is 5.47. The largest absolute Gasteiger partial charge is 0.504 e. The summed E-state index contributed by atoms with van der Waals surface area (Å²) in [5, 5.41) is 10.0. The van der Waals surface area contributed by atoms with Crippen LogP contribution in [0, 0.1) is 0 Å². The number of hydrogen-bond acceptors (Lipinski definition) is 7. The Morgan fingerprint density at radius 3 is 2.68 bits per heavy atom. The first-order valence-corrected chi connectivity index (χ1v) is 13.2. The number of hydrogen-bond donors (Lipinski definition) is 1. The smallest absolute Gasteiger partial charge is 0.271 e. The van der Waals surface area contributed by atoms with E-state index in [9.17, 15) is 14.7 Å². The lowest BCUT2D eigenvalue weighted by atomic mass is 9.98. The zero-order chi connectivity index (χ0) is 26.3. The molecule has 5 rings (SSSR count). The lowest BCUT2D eigenvalue weighted by Gasteiger charge is -2.22. The molecular weight excluding hydrogens is 556 g/mol. The standard InChI is InChI=1S/C28H23BrN2O5S/c1-4-35-23-13-17(5-10-20(23)33)14-24-27(34)31-26(25(16(3)32)15(2)30-28(31)37-24)22-12-11-21(36-22)18-6-8-19(29)9-7-18/h5-14,26,33H,4H2,1-3H3/b24-14+/t26-/m0/s1. The number of carbonyl (C=O) groups excluding carboxylic acids is 1. The minimum Gasteiger partial charge on any atom is -0.504 e. The van der Waals surface area contributed by atoms with Crippen molar-refractivity contribution in [1.82, 2.24) is 4.57 Å².